The first kappa shape index (κ1) is 13.1. The topological polar surface area (TPSA) is 54.2 Å². The van der Waals surface area contributed by atoms with Gasteiger partial charge in [0.05, 0.1) is 11.9 Å². The largest absolute Gasteiger partial charge is 0.397 e. The first-order valence-corrected chi connectivity index (χ1v) is 6.79. The average molecular weight is 248 g/mol. The quantitative estimate of drug-likeness (QED) is 0.857. The molecule has 0 radical (unpaired) electrons. The number of likely N-dealkylation sites (tertiary alicyclic amines) is 1. The zero-order chi connectivity index (χ0) is 13.0. The van der Waals surface area contributed by atoms with E-state index in [1.54, 1.807) is 6.20 Å². The van der Waals surface area contributed by atoms with E-state index in [-0.39, 0.29) is 0 Å². The number of aryl methyl sites for hydroxylation is 1. The number of piperidine rings is 1. The second-order valence-corrected chi connectivity index (χ2v) is 5.41. The monoisotopic (exact) mass is 248 g/mol. The number of nitrogens with one attached hydrogen (secondary N) is 1. The van der Waals surface area contributed by atoms with Crippen LogP contribution in [0.5, 0.6) is 0 Å². The van der Waals surface area contributed by atoms with Crippen molar-refractivity contribution in [2.24, 2.45) is 5.92 Å². The van der Waals surface area contributed by atoms with Crippen LogP contribution in [0.25, 0.3) is 0 Å². The fourth-order valence-corrected chi connectivity index (χ4v) is 2.58. The van der Waals surface area contributed by atoms with Crippen LogP contribution >= 0.6 is 0 Å². The van der Waals surface area contributed by atoms with Gasteiger partial charge in [0.25, 0.3) is 0 Å². The second kappa shape index (κ2) is 6.05. The van der Waals surface area contributed by atoms with Crippen molar-refractivity contribution in [3.05, 3.63) is 17.8 Å². The van der Waals surface area contributed by atoms with Crippen LogP contribution in [-0.4, -0.2) is 36.6 Å². The normalized spacial score (nSPS) is 20.9. The molecule has 0 saturated carbocycles. The lowest BCUT2D eigenvalue weighted by Crippen LogP contribution is -2.32. The molecule has 1 aromatic rings. The van der Waals surface area contributed by atoms with Gasteiger partial charge in [-0.1, -0.05) is 0 Å². The lowest BCUT2D eigenvalue weighted by Gasteiger charge is -2.29. The van der Waals surface area contributed by atoms with E-state index in [9.17, 15) is 0 Å². The summed E-state index contributed by atoms with van der Waals surface area (Å²) >= 11 is 0. The molecule has 1 atom stereocenters. The smallest absolute Gasteiger partial charge is 0.126 e. The van der Waals surface area contributed by atoms with Gasteiger partial charge in [0, 0.05) is 13.1 Å². The number of aromatic nitrogens is 1. The molecular weight excluding hydrogens is 224 g/mol. The summed E-state index contributed by atoms with van der Waals surface area (Å²) in [6.45, 7) is 5.49. The van der Waals surface area contributed by atoms with Crippen LogP contribution in [0, 0.1) is 12.8 Å². The Kier molecular flexibility index (Phi) is 4.42. The van der Waals surface area contributed by atoms with Crippen LogP contribution in [0.2, 0.25) is 0 Å². The van der Waals surface area contributed by atoms with Crippen LogP contribution in [0.15, 0.2) is 12.3 Å². The Morgan fingerprint density at radius 2 is 2.39 bits per heavy atom. The highest BCUT2D eigenvalue weighted by Crippen LogP contribution is 2.19. The zero-order valence-electron chi connectivity index (χ0n) is 11.4. The maximum atomic E-state index is 5.75. The zero-order valence-corrected chi connectivity index (χ0v) is 11.4. The number of nitrogen functional groups attached to an aromatic ring is 1. The molecule has 1 unspecified atom stereocenters. The fraction of sp³-hybridized carbons (Fsp3) is 0.643. The highest BCUT2D eigenvalue weighted by molar-refractivity contribution is 5.50. The maximum Gasteiger partial charge on any atom is 0.126 e. The Labute approximate surface area is 110 Å². The first-order chi connectivity index (χ1) is 8.65. The van der Waals surface area contributed by atoms with Crippen molar-refractivity contribution < 1.29 is 0 Å². The van der Waals surface area contributed by atoms with Gasteiger partial charge in [-0.2, -0.15) is 0 Å². The van der Waals surface area contributed by atoms with E-state index in [2.05, 4.69) is 22.2 Å². The van der Waals surface area contributed by atoms with Crippen LogP contribution in [0.3, 0.4) is 0 Å². The van der Waals surface area contributed by atoms with Crippen LogP contribution in [-0.2, 0) is 0 Å². The highest BCUT2D eigenvalue weighted by Gasteiger charge is 2.16. The molecule has 1 aliphatic rings. The third kappa shape index (κ3) is 3.60. The van der Waals surface area contributed by atoms with Crippen molar-refractivity contribution in [1.82, 2.24) is 9.88 Å². The van der Waals surface area contributed by atoms with Gasteiger partial charge in [0.2, 0.25) is 0 Å². The molecule has 1 aromatic heterocycles. The van der Waals surface area contributed by atoms with Crippen LogP contribution < -0.4 is 11.1 Å². The van der Waals surface area contributed by atoms with Crippen molar-refractivity contribution in [3.8, 4) is 0 Å². The number of hydrogen-bond donors (Lipinski definition) is 2. The summed E-state index contributed by atoms with van der Waals surface area (Å²) < 4.78 is 0. The summed E-state index contributed by atoms with van der Waals surface area (Å²) in [4.78, 5) is 6.72. The van der Waals surface area contributed by atoms with Crippen LogP contribution in [0.1, 0.15) is 24.8 Å². The highest BCUT2D eigenvalue weighted by atomic mass is 15.1. The van der Waals surface area contributed by atoms with Crippen LogP contribution in [0.4, 0.5) is 11.5 Å². The minimum absolute atomic E-state index is 0.759. The Morgan fingerprint density at radius 3 is 3.11 bits per heavy atom. The third-order valence-corrected chi connectivity index (χ3v) is 3.73. The molecule has 0 aliphatic carbocycles. The van der Waals surface area contributed by atoms with E-state index in [1.165, 1.54) is 32.4 Å². The predicted molar refractivity (Wildman–Crippen MR) is 76.7 cm³/mol. The Balaban J connectivity index is 1.76. The summed E-state index contributed by atoms with van der Waals surface area (Å²) in [5.74, 6) is 1.76. The molecule has 1 aliphatic heterocycles. The van der Waals surface area contributed by atoms with Gasteiger partial charge < -0.3 is 16.0 Å². The summed E-state index contributed by atoms with van der Waals surface area (Å²) in [6.07, 6.45) is 5.64. The Hall–Kier alpha value is -1.29. The molecule has 0 amide bonds. The second-order valence-electron chi connectivity index (χ2n) is 5.41. The van der Waals surface area contributed by atoms with E-state index >= 15 is 0 Å². The molecule has 100 valence electrons. The summed E-state index contributed by atoms with van der Waals surface area (Å²) in [5, 5.41) is 3.39. The third-order valence-electron chi connectivity index (χ3n) is 3.73. The standard InChI is InChI=1S/C14H24N4/c1-11-8-14(17-9-13(11)15)16-6-5-12-4-3-7-18(2)10-12/h8-9,12H,3-7,10,15H2,1-2H3,(H,16,17). The van der Waals surface area contributed by atoms with Gasteiger partial charge in [0.1, 0.15) is 5.82 Å². The summed E-state index contributed by atoms with van der Waals surface area (Å²) in [6, 6.07) is 2.02. The fourth-order valence-electron chi connectivity index (χ4n) is 2.58. The summed E-state index contributed by atoms with van der Waals surface area (Å²) in [7, 11) is 2.21. The van der Waals surface area contributed by atoms with Gasteiger partial charge in [0.15, 0.2) is 0 Å². The minimum atomic E-state index is 0.759. The van der Waals surface area contributed by atoms with Gasteiger partial charge in [-0.15, -0.1) is 0 Å². The van der Waals surface area contributed by atoms with Crippen molar-refractivity contribution >= 4 is 11.5 Å². The number of anilines is 2. The summed E-state index contributed by atoms with van der Waals surface area (Å²) in [5.41, 5.74) is 7.60. The number of nitrogens with zero attached hydrogens (tertiary/aromatic N) is 2. The molecule has 3 N–H and O–H groups in total. The van der Waals surface area contributed by atoms with Crippen molar-refractivity contribution in [3.63, 3.8) is 0 Å². The van der Waals surface area contributed by atoms with E-state index in [1.807, 2.05) is 13.0 Å². The molecular formula is C14H24N4. The van der Waals surface area contributed by atoms with Crippen molar-refractivity contribution in [2.75, 3.05) is 37.7 Å². The number of nitrogens with two attached hydrogens (primary N) is 1. The van der Waals surface area contributed by atoms with Gasteiger partial charge in [-0.25, -0.2) is 4.98 Å². The lowest BCUT2D eigenvalue weighted by molar-refractivity contribution is 0.205. The van der Waals surface area contributed by atoms with Crippen molar-refractivity contribution in [1.29, 1.82) is 0 Å². The predicted octanol–water partition coefficient (Wildman–Crippen LogP) is 2.12. The molecule has 0 spiro atoms. The molecule has 4 nitrogen and oxygen atoms in total. The van der Waals surface area contributed by atoms with E-state index in [0.717, 1.165) is 29.5 Å². The Bertz CT molecular complexity index is 391. The van der Waals surface area contributed by atoms with Gasteiger partial charge in [-0.3, -0.25) is 0 Å². The maximum absolute atomic E-state index is 5.75. The molecule has 0 aromatic carbocycles. The number of hydrogen-bond acceptors (Lipinski definition) is 4. The van der Waals surface area contributed by atoms with Gasteiger partial charge in [-0.05, 0) is 57.3 Å². The number of pyridine rings is 1. The van der Waals surface area contributed by atoms with E-state index < -0.39 is 0 Å². The van der Waals surface area contributed by atoms with E-state index in [0.29, 0.717) is 0 Å². The number of rotatable bonds is 4. The molecule has 1 fully saturated rings. The van der Waals surface area contributed by atoms with Gasteiger partial charge >= 0.3 is 0 Å². The molecule has 0 bridgehead atoms. The molecule has 2 heterocycles. The average Bonchev–Trinajstić information content (AvgIpc) is 2.34. The SMILES string of the molecule is Cc1cc(NCCC2CCCN(C)C2)ncc1N. The van der Waals surface area contributed by atoms with Crippen molar-refractivity contribution in [2.45, 2.75) is 26.2 Å². The molecule has 4 heteroatoms. The molecule has 2 rings (SSSR count). The Morgan fingerprint density at radius 1 is 1.56 bits per heavy atom. The van der Waals surface area contributed by atoms with E-state index in [4.69, 9.17) is 5.73 Å². The minimum Gasteiger partial charge on any atom is -0.397 e. The lowest BCUT2D eigenvalue weighted by atomic mass is 9.95. The molecule has 18 heavy (non-hydrogen) atoms. The first-order valence-electron chi connectivity index (χ1n) is 6.79. The molecule has 1 saturated heterocycles.